The zero-order chi connectivity index (χ0) is 37.8. The van der Waals surface area contributed by atoms with E-state index in [1.807, 2.05) is 6.08 Å². The topological polar surface area (TPSA) is 69.6 Å². The van der Waals surface area contributed by atoms with Crippen LogP contribution in [0.5, 0.6) is 0 Å². The lowest BCUT2D eigenvalue weighted by Gasteiger charge is -2.19. The second kappa shape index (κ2) is 43.0. The largest absolute Gasteiger partial charge is 0.394 e. The van der Waals surface area contributed by atoms with Gasteiger partial charge in [0.2, 0.25) is 5.91 Å². The van der Waals surface area contributed by atoms with Crippen LogP contribution in [0.3, 0.4) is 0 Å². The number of carbonyl (C=O) groups is 1. The van der Waals surface area contributed by atoms with Gasteiger partial charge in [-0.2, -0.15) is 0 Å². The average Bonchev–Trinajstić information content (AvgIpc) is 3.15. The van der Waals surface area contributed by atoms with Crippen molar-refractivity contribution in [2.75, 3.05) is 6.61 Å². The van der Waals surface area contributed by atoms with Crippen LogP contribution in [-0.4, -0.2) is 34.9 Å². The van der Waals surface area contributed by atoms with Crippen molar-refractivity contribution in [1.29, 1.82) is 0 Å². The highest BCUT2D eigenvalue weighted by Gasteiger charge is 2.17. The fourth-order valence-electron chi connectivity index (χ4n) is 6.02. The minimum absolute atomic E-state index is 0.0903. The first-order chi connectivity index (χ1) is 25.7. The number of nitrogens with one attached hydrogen (secondary N) is 1. The van der Waals surface area contributed by atoms with E-state index in [9.17, 15) is 15.0 Å². The Morgan fingerprint density at radius 1 is 0.481 bits per heavy atom. The van der Waals surface area contributed by atoms with Crippen LogP contribution >= 0.6 is 0 Å². The quantitative estimate of drug-likeness (QED) is 0.0439. The Balaban J connectivity index is 3.69. The molecular weight excluding hydrogens is 639 g/mol. The molecule has 0 radical (unpaired) electrons. The number of amides is 1. The Morgan fingerprint density at radius 3 is 1.35 bits per heavy atom. The lowest BCUT2D eigenvalue weighted by molar-refractivity contribution is -0.123. The van der Waals surface area contributed by atoms with Crippen molar-refractivity contribution in [3.63, 3.8) is 0 Å². The molecule has 0 aromatic rings. The predicted molar refractivity (Wildman–Crippen MR) is 230 cm³/mol. The molecule has 0 aliphatic carbocycles. The molecule has 0 aromatic carbocycles. The van der Waals surface area contributed by atoms with Gasteiger partial charge in [-0.15, -0.1) is 0 Å². The van der Waals surface area contributed by atoms with Gasteiger partial charge in [-0.05, 0) is 83.5 Å². The Bertz CT molecular complexity index is 957. The monoisotopic (exact) mass is 722 g/mol. The average molecular weight is 722 g/mol. The smallest absolute Gasteiger partial charge is 0.220 e. The van der Waals surface area contributed by atoms with Gasteiger partial charge >= 0.3 is 0 Å². The van der Waals surface area contributed by atoms with Gasteiger partial charge in [-0.25, -0.2) is 0 Å². The van der Waals surface area contributed by atoms with Crippen LogP contribution in [0.1, 0.15) is 194 Å². The zero-order valence-corrected chi connectivity index (χ0v) is 34.0. The first-order valence-electron chi connectivity index (χ1n) is 21.8. The van der Waals surface area contributed by atoms with E-state index in [0.717, 1.165) is 70.6 Å². The van der Waals surface area contributed by atoms with Gasteiger partial charge in [-0.3, -0.25) is 4.79 Å². The summed E-state index contributed by atoms with van der Waals surface area (Å²) in [5.74, 6) is -0.0903. The molecule has 0 aliphatic rings. The molecule has 4 nitrogen and oxygen atoms in total. The van der Waals surface area contributed by atoms with E-state index < -0.39 is 12.1 Å². The molecule has 2 unspecified atom stereocenters. The normalized spacial score (nSPS) is 13.8. The van der Waals surface area contributed by atoms with E-state index in [2.05, 4.69) is 92.1 Å². The van der Waals surface area contributed by atoms with Crippen molar-refractivity contribution in [3.8, 4) is 0 Å². The van der Waals surface area contributed by atoms with Crippen LogP contribution in [-0.2, 0) is 4.79 Å². The molecule has 4 heteroatoms. The first-order valence-corrected chi connectivity index (χ1v) is 21.8. The molecular formula is C48H83NO3. The molecule has 1 amide bonds. The second-order valence-corrected chi connectivity index (χ2v) is 14.4. The van der Waals surface area contributed by atoms with Crippen LogP contribution in [0.4, 0.5) is 0 Å². The van der Waals surface area contributed by atoms with E-state index in [1.165, 1.54) is 103 Å². The molecule has 3 N–H and O–H groups in total. The van der Waals surface area contributed by atoms with Gasteiger partial charge in [0, 0.05) is 6.42 Å². The van der Waals surface area contributed by atoms with Crippen LogP contribution < -0.4 is 5.32 Å². The number of rotatable bonds is 38. The van der Waals surface area contributed by atoms with Crippen LogP contribution in [0.15, 0.2) is 85.1 Å². The van der Waals surface area contributed by atoms with E-state index >= 15 is 0 Å². The summed E-state index contributed by atoms with van der Waals surface area (Å²) in [6, 6.07) is -0.654. The van der Waals surface area contributed by atoms with Crippen molar-refractivity contribution < 1.29 is 15.0 Å². The molecule has 298 valence electrons. The number of hydrogen-bond acceptors (Lipinski definition) is 3. The van der Waals surface area contributed by atoms with Gasteiger partial charge in [0.25, 0.3) is 0 Å². The first kappa shape index (κ1) is 49.6. The fraction of sp³-hybridized carbons (Fsp3) is 0.688. The van der Waals surface area contributed by atoms with Crippen LogP contribution in [0, 0.1) is 0 Å². The van der Waals surface area contributed by atoms with E-state index in [0.29, 0.717) is 6.42 Å². The maximum absolute atomic E-state index is 12.4. The van der Waals surface area contributed by atoms with E-state index in [4.69, 9.17) is 0 Å². The molecule has 0 rings (SSSR count). The summed E-state index contributed by atoms with van der Waals surface area (Å²) < 4.78 is 0. The Labute approximate surface area is 322 Å². The highest BCUT2D eigenvalue weighted by Crippen LogP contribution is 2.13. The minimum atomic E-state index is -0.878. The molecule has 0 spiro atoms. The standard InChI is InChI=1S/C48H83NO3/c1-3-5-7-9-11-13-15-17-19-21-23-24-26-28-30-32-34-36-38-40-42-44-48(52)49-46(45-50)47(51)43-41-39-37-35-33-31-29-27-25-22-20-18-16-14-12-10-8-6-4-2/h5,7,11,13,17,19,23-25,27,33,35,41,43,46-47,50-51H,3-4,6,8-10,12,14-16,18,20-22,26,28-32,34,36-40,42,44-45H2,1-2H3,(H,49,52)/b7-5-,13-11-,19-17-,24-23-,27-25+,35-33+,43-41+. The van der Waals surface area contributed by atoms with E-state index in [-0.39, 0.29) is 12.5 Å². The number of aliphatic hydroxyl groups is 2. The van der Waals surface area contributed by atoms with Crippen molar-refractivity contribution in [3.05, 3.63) is 85.1 Å². The Kier molecular flexibility index (Phi) is 41.0. The number of carbonyl (C=O) groups excluding carboxylic acids is 1. The molecule has 0 fully saturated rings. The fourth-order valence-corrected chi connectivity index (χ4v) is 6.02. The summed E-state index contributed by atoms with van der Waals surface area (Å²) in [7, 11) is 0. The van der Waals surface area contributed by atoms with Crippen molar-refractivity contribution >= 4 is 5.91 Å². The highest BCUT2D eigenvalue weighted by molar-refractivity contribution is 5.76. The van der Waals surface area contributed by atoms with Crippen LogP contribution in [0.25, 0.3) is 0 Å². The maximum atomic E-state index is 12.4. The number of unbranched alkanes of at least 4 members (excludes halogenated alkanes) is 19. The zero-order valence-electron chi connectivity index (χ0n) is 34.0. The summed E-state index contributed by atoms with van der Waals surface area (Å²) >= 11 is 0. The van der Waals surface area contributed by atoms with Crippen molar-refractivity contribution in [2.45, 2.75) is 206 Å². The van der Waals surface area contributed by atoms with E-state index in [1.54, 1.807) is 6.08 Å². The Morgan fingerprint density at radius 2 is 0.865 bits per heavy atom. The molecule has 0 aromatic heterocycles. The summed E-state index contributed by atoms with van der Waals surface area (Å²) in [5.41, 5.74) is 0. The van der Waals surface area contributed by atoms with Crippen molar-refractivity contribution in [1.82, 2.24) is 5.32 Å². The third-order valence-electron chi connectivity index (χ3n) is 9.34. The highest BCUT2D eigenvalue weighted by atomic mass is 16.3. The molecule has 52 heavy (non-hydrogen) atoms. The molecule has 0 aliphatic heterocycles. The molecule has 0 saturated heterocycles. The summed E-state index contributed by atoms with van der Waals surface area (Å²) in [6.45, 7) is 4.17. The third-order valence-corrected chi connectivity index (χ3v) is 9.34. The van der Waals surface area contributed by atoms with Gasteiger partial charge in [-0.1, -0.05) is 189 Å². The maximum Gasteiger partial charge on any atom is 0.220 e. The minimum Gasteiger partial charge on any atom is -0.394 e. The molecule has 0 saturated carbocycles. The van der Waals surface area contributed by atoms with Crippen molar-refractivity contribution in [2.24, 2.45) is 0 Å². The lowest BCUT2D eigenvalue weighted by atomic mass is 10.1. The van der Waals surface area contributed by atoms with Gasteiger partial charge in [0.05, 0.1) is 18.8 Å². The number of hydrogen-bond donors (Lipinski definition) is 3. The molecule has 0 bridgehead atoms. The predicted octanol–water partition coefficient (Wildman–Crippen LogP) is 13.7. The van der Waals surface area contributed by atoms with Gasteiger partial charge < -0.3 is 15.5 Å². The molecule has 0 heterocycles. The third kappa shape index (κ3) is 38.8. The number of aliphatic hydroxyl groups excluding tert-OH is 2. The summed E-state index contributed by atoms with van der Waals surface area (Å²) in [4.78, 5) is 12.4. The van der Waals surface area contributed by atoms with Crippen LogP contribution in [0.2, 0.25) is 0 Å². The molecule has 2 atom stereocenters. The lowest BCUT2D eigenvalue weighted by Crippen LogP contribution is -2.45. The van der Waals surface area contributed by atoms with Gasteiger partial charge in [0.1, 0.15) is 0 Å². The Hall–Kier alpha value is -2.43. The summed E-state index contributed by atoms with van der Waals surface area (Å²) in [6.07, 6.45) is 62.5. The second-order valence-electron chi connectivity index (χ2n) is 14.4. The summed E-state index contributed by atoms with van der Waals surface area (Å²) in [5, 5.41) is 23.0. The SMILES string of the molecule is CC/C=C\C/C=C\C/C=C\C/C=C\CCCCCCCCCCC(=O)NC(CO)C(O)/C=C/CC/C=C/CC/C=C/CCCCCCCCCCC. The number of allylic oxidation sites excluding steroid dienone is 13. The van der Waals surface area contributed by atoms with Gasteiger partial charge in [0.15, 0.2) is 0 Å².